The maximum Gasteiger partial charge on any atom is 0.181 e. The van der Waals surface area contributed by atoms with Crippen LogP contribution in [0.5, 0.6) is 0 Å². The lowest BCUT2D eigenvalue weighted by Crippen LogP contribution is -2.20. The van der Waals surface area contributed by atoms with E-state index in [4.69, 9.17) is 10.1 Å². The van der Waals surface area contributed by atoms with Crippen molar-refractivity contribution in [1.82, 2.24) is 24.6 Å². The number of hydrogen-bond acceptors (Lipinski definition) is 4. The second-order valence-electron chi connectivity index (χ2n) is 5.95. The molecular formula is C16H23N5. The fraction of sp³-hybridized carbons (Fsp3) is 0.562. The quantitative estimate of drug-likeness (QED) is 0.866. The predicted octanol–water partition coefficient (Wildman–Crippen LogP) is 2.73. The highest BCUT2D eigenvalue weighted by molar-refractivity contribution is 5.53. The van der Waals surface area contributed by atoms with Gasteiger partial charge in [-0.25, -0.2) is 9.67 Å². The van der Waals surface area contributed by atoms with Gasteiger partial charge in [-0.15, -0.1) is 0 Å². The molecule has 2 aromatic rings. The van der Waals surface area contributed by atoms with Crippen LogP contribution >= 0.6 is 0 Å². The molecule has 1 aliphatic heterocycles. The Kier molecular flexibility index (Phi) is 4.01. The molecule has 0 aliphatic carbocycles. The minimum absolute atomic E-state index is 0.332. The lowest BCUT2D eigenvalue weighted by molar-refractivity contribution is 0.349. The number of likely N-dealkylation sites (N-methyl/N-ethyl adjacent to an activating group) is 1. The molecule has 5 nitrogen and oxygen atoms in total. The normalized spacial score (nSPS) is 19.5. The second-order valence-corrected chi connectivity index (χ2v) is 5.95. The van der Waals surface area contributed by atoms with Crippen LogP contribution in [-0.4, -0.2) is 44.3 Å². The molecule has 1 atom stereocenters. The summed E-state index contributed by atoms with van der Waals surface area (Å²) in [6.45, 7) is 9.93. The third-order valence-electron chi connectivity index (χ3n) is 4.17. The molecule has 0 radical (unpaired) electrons. The molecule has 5 heteroatoms. The first-order chi connectivity index (χ1) is 10.2. The van der Waals surface area contributed by atoms with E-state index >= 15 is 0 Å². The van der Waals surface area contributed by atoms with Crippen LogP contribution in [0.25, 0.3) is 11.4 Å². The van der Waals surface area contributed by atoms with Gasteiger partial charge in [-0.2, -0.15) is 5.10 Å². The van der Waals surface area contributed by atoms with Crippen molar-refractivity contribution in [2.24, 2.45) is 0 Å². The highest BCUT2D eigenvalue weighted by atomic mass is 15.4. The van der Waals surface area contributed by atoms with Crippen LogP contribution in [0.15, 0.2) is 24.5 Å². The summed E-state index contributed by atoms with van der Waals surface area (Å²) < 4.78 is 2.10. The van der Waals surface area contributed by atoms with E-state index in [1.54, 1.807) is 12.4 Å². The Morgan fingerprint density at radius 1 is 1.29 bits per heavy atom. The van der Waals surface area contributed by atoms with Gasteiger partial charge < -0.3 is 4.90 Å². The van der Waals surface area contributed by atoms with Crippen LogP contribution in [-0.2, 0) is 0 Å². The first-order valence-electron chi connectivity index (χ1n) is 7.78. The summed E-state index contributed by atoms with van der Waals surface area (Å²) in [6.07, 6.45) is 4.76. The van der Waals surface area contributed by atoms with Gasteiger partial charge in [0.05, 0.1) is 0 Å². The maximum atomic E-state index is 4.85. The summed E-state index contributed by atoms with van der Waals surface area (Å²) in [4.78, 5) is 11.4. The van der Waals surface area contributed by atoms with E-state index in [2.05, 4.69) is 35.3 Å². The van der Waals surface area contributed by atoms with Crippen molar-refractivity contribution in [1.29, 1.82) is 0 Å². The molecule has 1 saturated heterocycles. The van der Waals surface area contributed by atoms with Crippen LogP contribution in [0.1, 0.15) is 45.0 Å². The van der Waals surface area contributed by atoms with E-state index in [1.165, 1.54) is 6.42 Å². The Balaban J connectivity index is 1.94. The lowest BCUT2D eigenvalue weighted by Gasteiger charge is -2.15. The van der Waals surface area contributed by atoms with Crippen LogP contribution in [0.2, 0.25) is 0 Å². The van der Waals surface area contributed by atoms with Crippen molar-refractivity contribution < 1.29 is 0 Å². The average molecular weight is 285 g/mol. The molecule has 3 heterocycles. The van der Waals surface area contributed by atoms with Gasteiger partial charge in [-0.05, 0) is 45.5 Å². The van der Waals surface area contributed by atoms with Gasteiger partial charge in [0.25, 0.3) is 0 Å². The topological polar surface area (TPSA) is 46.8 Å². The van der Waals surface area contributed by atoms with Crippen molar-refractivity contribution in [3.05, 3.63) is 30.4 Å². The largest absolute Gasteiger partial charge is 0.303 e. The van der Waals surface area contributed by atoms with Gasteiger partial charge >= 0.3 is 0 Å². The zero-order chi connectivity index (χ0) is 14.8. The minimum Gasteiger partial charge on any atom is -0.303 e. The Labute approximate surface area is 126 Å². The number of aromatic nitrogens is 4. The van der Waals surface area contributed by atoms with Crippen molar-refractivity contribution in [3.8, 4) is 11.4 Å². The van der Waals surface area contributed by atoms with E-state index in [-0.39, 0.29) is 0 Å². The first kappa shape index (κ1) is 14.2. The summed E-state index contributed by atoms with van der Waals surface area (Å²) in [6, 6.07) is 4.27. The van der Waals surface area contributed by atoms with Gasteiger partial charge in [-0.3, -0.25) is 4.98 Å². The van der Waals surface area contributed by atoms with Crippen LogP contribution in [0, 0.1) is 0 Å². The van der Waals surface area contributed by atoms with Crippen LogP contribution < -0.4 is 0 Å². The van der Waals surface area contributed by atoms with Gasteiger partial charge in [-0.1, -0.05) is 6.92 Å². The number of nitrogens with zero attached hydrogens (tertiary/aromatic N) is 5. The summed E-state index contributed by atoms with van der Waals surface area (Å²) >= 11 is 0. The zero-order valence-corrected chi connectivity index (χ0v) is 13.0. The van der Waals surface area contributed by atoms with E-state index < -0.39 is 0 Å². The molecule has 0 bridgehead atoms. The number of hydrogen-bond donors (Lipinski definition) is 0. The molecule has 1 fully saturated rings. The summed E-state index contributed by atoms with van der Waals surface area (Å²) in [5.74, 6) is 2.44. The van der Waals surface area contributed by atoms with Crippen molar-refractivity contribution in [3.63, 3.8) is 0 Å². The van der Waals surface area contributed by atoms with Gasteiger partial charge in [0, 0.05) is 36.5 Å². The van der Waals surface area contributed by atoms with Gasteiger partial charge in [0.1, 0.15) is 5.82 Å². The Morgan fingerprint density at radius 2 is 2.05 bits per heavy atom. The highest BCUT2D eigenvalue weighted by Crippen LogP contribution is 2.29. The predicted molar refractivity (Wildman–Crippen MR) is 83.1 cm³/mol. The monoisotopic (exact) mass is 285 g/mol. The average Bonchev–Trinajstić information content (AvgIpc) is 3.14. The molecular weight excluding hydrogens is 262 g/mol. The third-order valence-corrected chi connectivity index (χ3v) is 4.17. The molecule has 0 saturated carbocycles. The molecule has 1 aliphatic rings. The molecule has 0 amide bonds. The van der Waals surface area contributed by atoms with E-state index in [1.807, 2.05) is 12.1 Å². The SMILES string of the molecule is CCN1CCC(c2nc(-c3ccncc3)nn2C(C)C)C1. The number of likely N-dealkylation sites (tertiary alicyclic amines) is 1. The number of pyridine rings is 1. The fourth-order valence-corrected chi connectivity index (χ4v) is 2.95. The first-order valence-corrected chi connectivity index (χ1v) is 7.78. The Hall–Kier alpha value is -1.75. The van der Waals surface area contributed by atoms with Crippen LogP contribution in [0.4, 0.5) is 0 Å². The smallest absolute Gasteiger partial charge is 0.181 e. The van der Waals surface area contributed by atoms with Crippen molar-refractivity contribution >= 4 is 0 Å². The van der Waals surface area contributed by atoms with E-state index in [0.717, 1.165) is 36.8 Å². The second kappa shape index (κ2) is 5.93. The fourth-order valence-electron chi connectivity index (χ4n) is 2.95. The van der Waals surface area contributed by atoms with Gasteiger partial charge in [0.15, 0.2) is 5.82 Å². The van der Waals surface area contributed by atoms with Gasteiger partial charge in [0.2, 0.25) is 0 Å². The molecule has 0 N–H and O–H groups in total. The van der Waals surface area contributed by atoms with Crippen molar-refractivity contribution in [2.45, 2.75) is 39.2 Å². The maximum absolute atomic E-state index is 4.85. The standard InChI is InChI=1S/C16H23N5/c1-4-20-10-7-14(11-20)16-18-15(19-21(16)12(2)3)13-5-8-17-9-6-13/h5-6,8-9,12,14H,4,7,10-11H2,1-3H3. The highest BCUT2D eigenvalue weighted by Gasteiger charge is 2.28. The molecule has 0 spiro atoms. The molecule has 112 valence electrons. The molecule has 2 aromatic heterocycles. The van der Waals surface area contributed by atoms with Crippen molar-refractivity contribution in [2.75, 3.05) is 19.6 Å². The third kappa shape index (κ3) is 2.83. The van der Waals surface area contributed by atoms with Crippen LogP contribution in [0.3, 0.4) is 0 Å². The lowest BCUT2D eigenvalue weighted by atomic mass is 10.1. The molecule has 1 unspecified atom stereocenters. The summed E-state index contributed by atoms with van der Waals surface area (Å²) in [5, 5.41) is 4.73. The van der Waals surface area contributed by atoms with E-state index in [9.17, 15) is 0 Å². The minimum atomic E-state index is 0.332. The Morgan fingerprint density at radius 3 is 2.67 bits per heavy atom. The zero-order valence-electron chi connectivity index (χ0n) is 13.0. The molecule has 0 aromatic carbocycles. The molecule has 21 heavy (non-hydrogen) atoms. The summed E-state index contributed by atoms with van der Waals surface area (Å²) in [5.41, 5.74) is 1.04. The van der Waals surface area contributed by atoms with E-state index in [0.29, 0.717) is 12.0 Å². The Bertz CT molecular complexity index is 590. The molecule has 3 rings (SSSR count). The summed E-state index contributed by atoms with van der Waals surface area (Å²) in [7, 11) is 0. The number of rotatable bonds is 4.